The van der Waals surface area contributed by atoms with Gasteiger partial charge in [0.05, 0.1) is 0 Å². The molecule has 0 radical (unpaired) electrons. The summed E-state index contributed by atoms with van der Waals surface area (Å²) in [6.45, 7) is 2.14. The van der Waals surface area contributed by atoms with E-state index in [1.54, 1.807) is 0 Å². The fourth-order valence-electron chi connectivity index (χ4n) is 3.86. The van der Waals surface area contributed by atoms with E-state index in [1.807, 2.05) is 0 Å². The first-order valence-corrected chi connectivity index (χ1v) is 7.80. The molecule has 2 aromatic carbocycles. The lowest BCUT2D eigenvalue weighted by Crippen LogP contribution is -2.24. The van der Waals surface area contributed by atoms with Crippen molar-refractivity contribution in [1.29, 1.82) is 0 Å². The van der Waals surface area contributed by atoms with Crippen LogP contribution >= 0.6 is 0 Å². The standard InChI is InChI=1S/C19H21NO/c1-12-6-7-18-14(8-12)10-16(21-18)11-15-9-13-4-2-3-5-17(13)19(15)20/h2-8,15-16,19H,9-11,20H2,1H3. The van der Waals surface area contributed by atoms with Crippen molar-refractivity contribution >= 4 is 0 Å². The second-order valence-electron chi connectivity index (χ2n) is 6.48. The largest absolute Gasteiger partial charge is 0.490 e. The molecule has 0 bridgehead atoms. The molecule has 0 amide bonds. The molecule has 2 aromatic rings. The van der Waals surface area contributed by atoms with Crippen LogP contribution in [0.2, 0.25) is 0 Å². The van der Waals surface area contributed by atoms with E-state index in [0.29, 0.717) is 5.92 Å². The van der Waals surface area contributed by atoms with Gasteiger partial charge in [0.1, 0.15) is 11.9 Å². The van der Waals surface area contributed by atoms with Crippen molar-refractivity contribution in [3.05, 3.63) is 64.7 Å². The van der Waals surface area contributed by atoms with Gasteiger partial charge in [-0.25, -0.2) is 0 Å². The van der Waals surface area contributed by atoms with Crippen molar-refractivity contribution in [2.75, 3.05) is 0 Å². The molecule has 4 rings (SSSR count). The van der Waals surface area contributed by atoms with Crippen LogP contribution in [0.1, 0.15) is 34.7 Å². The molecule has 3 unspecified atom stereocenters. The summed E-state index contributed by atoms with van der Waals surface area (Å²) in [5.74, 6) is 1.57. The first-order valence-electron chi connectivity index (χ1n) is 7.80. The molecular formula is C19H21NO. The molecule has 0 fully saturated rings. The maximum absolute atomic E-state index is 6.44. The number of fused-ring (bicyclic) bond motifs is 2. The van der Waals surface area contributed by atoms with Crippen LogP contribution in [0.4, 0.5) is 0 Å². The van der Waals surface area contributed by atoms with E-state index < -0.39 is 0 Å². The Balaban J connectivity index is 1.48. The van der Waals surface area contributed by atoms with Crippen molar-refractivity contribution in [2.45, 2.75) is 38.3 Å². The number of ether oxygens (including phenoxy) is 1. The summed E-state index contributed by atoms with van der Waals surface area (Å²) in [7, 11) is 0. The topological polar surface area (TPSA) is 35.2 Å². The normalized spacial score (nSPS) is 26.3. The van der Waals surface area contributed by atoms with Gasteiger partial charge in [0.25, 0.3) is 0 Å². The van der Waals surface area contributed by atoms with Crippen molar-refractivity contribution in [3.63, 3.8) is 0 Å². The Bertz CT molecular complexity index is 679. The Labute approximate surface area is 125 Å². The van der Waals surface area contributed by atoms with Gasteiger partial charge in [-0.05, 0) is 48.4 Å². The predicted octanol–water partition coefficient (Wildman–Crippen LogP) is 3.56. The minimum Gasteiger partial charge on any atom is -0.490 e. The average molecular weight is 279 g/mol. The molecule has 108 valence electrons. The van der Waals surface area contributed by atoms with E-state index in [-0.39, 0.29) is 12.1 Å². The number of benzene rings is 2. The van der Waals surface area contributed by atoms with Gasteiger partial charge in [-0.1, -0.05) is 42.0 Å². The van der Waals surface area contributed by atoms with E-state index in [1.165, 1.54) is 22.3 Å². The van der Waals surface area contributed by atoms with Gasteiger partial charge >= 0.3 is 0 Å². The molecule has 2 heteroatoms. The third kappa shape index (κ3) is 2.24. The number of aryl methyl sites for hydroxylation is 1. The third-order valence-corrected chi connectivity index (χ3v) is 4.93. The first-order chi connectivity index (χ1) is 10.2. The van der Waals surface area contributed by atoms with Crippen LogP contribution in [0, 0.1) is 12.8 Å². The summed E-state index contributed by atoms with van der Waals surface area (Å²) in [6.07, 6.45) is 3.44. The number of nitrogens with two attached hydrogens (primary N) is 1. The summed E-state index contributed by atoms with van der Waals surface area (Å²) in [5.41, 5.74) is 11.8. The SMILES string of the molecule is Cc1ccc2c(c1)CC(CC1Cc3ccccc3C1N)O2. The summed E-state index contributed by atoms with van der Waals surface area (Å²) >= 11 is 0. The Hall–Kier alpha value is -1.80. The van der Waals surface area contributed by atoms with Crippen LogP contribution in [0.15, 0.2) is 42.5 Å². The van der Waals surface area contributed by atoms with Crippen LogP contribution in [0.25, 0.3) is 0 Å². The summed E-state index contributed by atoms with van der Waals surface area (Å²) in [5, 5.41) is 0. The molecule has 3 atom stereocenters. The molecular weight excluding hydrogens is 258 g/mol. The highest BCUT2D eigenvalue weighted by Gasteiger charge is 2.33. The van der Waals surface area contributed by atoms with Gasteiger partial charge in [-0.2, -0.15) is 0 Å². The van der Waals surface area contributed by atoms with Crippen molar-refractivity contribution in [1.82, 2.24) is 0 Å². The second kappa shape index (κ2) is 4.88. The van der Waals surface area contributed by atoms with Crippen LogP contribution in [0.3, 0.4) is 0 Å². The summed E-state index contributed by atoms with van der Waals surface area (Å²) < 4.78 is 6.12. The monoisotopic (exact) mass is 279 g/mol. The maximum atomic E-state index is 6.44. The number of rotatable bonds is 2. The van der Waals surface area contributed by atoms with Gasteiger partial charge < -0.3 is 10.5 Å². The van der Waals surface area contributed by atoms with E-state index in [4.69, 9.17) is 10.5 Å². The number of hydrogen-bond acceptors (Lipinski definition) is 2. The molecule has 0 saturated heterocycles. The Morgan fingerprint density at radius 3 is 2.81 bits per heavy atom. The molecule has 1 heterocycles. The zero-order valence-electron chi connectivity index (χ0n) is 12.4. The molecule has 2 N–H and O–H groups in total. The van der Waals surface area contributed by atoms with Gasteiger partial charge in [-0.15, -0.1) is 0 Å². The maximum Gasteiger partial charge on any atom is 0.123 e. The molecule has 1 aliphatic heterocycles. The van der Waals surface area contributed by atoms with Gasteiger partial charge in [0.15, 0.2) is 0 Å². The van der Waals surface area contributed by atoms with E-state index in [2.05, 4.69) is 49.4 Å². The highest BCUT2D eigenvalue weighted by molar-refractivity contribution is 5.41. The lowest BCUT2D eigenvalue weighted by Gasteiger charge is -2.20. The fourth-order valence-corrected chi connectivity index (χ4v) is 3.86. The predicted molar refractivity (Wildman–Crippen MR) is 84.5 cm³/mol. The quantitative estimate of drug-likeness (QED) is 0.912. The molecule has 21 heavy (non-hydrogen) atoms. The van der Waals surface area contributed by atoms with Crippen LogP contribution in [-0.4, -0.2) is 6.10 Å². The smallest absolute Gasteiger partial charge is 0.123 e. The zero-order valence-corrected chi connectivity index (χ0v) is 12.4. The van der Waals surface area contributed by atoms with Gasteiger partial charge in [0.2, 0.25) is 0 Å². The van der Waals surface area contributed by atoms with Gasteiger partial charge in [0, 0.05) is 12.5 Å². The number of hydrogen-bond donors (Lipinski definition) is 1. The molecule has 2 nitrogen and oxygen atoms in total. The summed E-state index contributed by atoms with van der Waals surface area (Å²) in [6, 6.07) is 15.2. The Morgan fingerprint density at radius 1 is 1.10 bits per heavy atom. The average Bonchev–Trinajstić information content (AvgIpc) is 3.01. The van der Waals surface area contributed by atoms with Crippen LogP contribution in [-0.2, 0) is 12.8 Å². The lowest BCUT2D eigenvalue weighted by atomic mass is 9.93. The Kier molecular flexibility index (Phi) is 3.00. The van der Waals surface area contributed by atoms with E-state index in [9.17, 15) is 0 Å². The molecule has 1 aliphatic carbocycles. The first kappa shape index (κ1) is 12.9. The lowest BCUT2D eigenvalue weighted by molar-refractivity contribution is 0.187. The molecule has 0 saturated carbocycles. The summed E-state index contributed by atoms with van der Waals surface area (Å²) in [4.78, 5) is 0. The fraction of sp³-hybridized carbons (Fsp3) is 0.368. The van der Waals surface area contributed by atoms with Gasteiger partial charge in [-0.3, -0.25) is 0 Å². The molecule has 0 aromatic heterocycles. The minimum atomic E-state index is 0.162. The van der Waals surface area contributed by atoms with E-state index in [0.717, 1.165) is 25.0 Å². The van der Waals surface area contributed by atoms with Crippen molar-refractivity contribution in [2.24, 2.45) is 11.7 Å². The van der Waals surface area contributed by atoms with Crippen LogP contribution in [0.5, 0.6) is 5.75 Å². The van der Waals surface area contributed by atoms with Crippen molar-refractivity contribution < 1.29 is 4.74 Å². The Morgan fingerprint density at radius 2 is 1.95 bits per heavy atom. The minimum absolute atomic E-state index is 0.162. The highest BCUT2D eigenvalue weighted by Crippen LogP contribution is 2.39. The zero-order chi connectivity index (χ0) is 14.4. The second-order valence-corrected chi connectivity index (χ2v) is 6.48. The third-order valence-electron chi connectivity index (χ3n) is 4.93. The van der Waals surface area contributed by atoms with E-state index >= 15 is 0 Å². The van der Waals surface area contributed by atoms with Crippen molar-refractivity contribution in [3.8, 4) is 5.75 Å². The molecule has 2 aliphatic rings. The molecule has 0 spiro atoms. The van der Waals surface area contributed by atoms with Crippen LogP contribution < -0.4 is 10.5 Å². The highest BCUT2D eigenvalue weighted by atomic mass is 16.5.